The molecule has 2 heterocycles. The lowest BCUT2D eigenvalue weighted by molar-refractivity contribution is -0.389. The lowest BCUT2D eigenvalue weighted by Crippen LogP contribution is -2.50. The van der Waals surface area contributed by atoms with Crippen LogP contribution in [0.4, 0.5) is 11.6 Å². The van der Waals surface area contributed by atoms with E-state index in [4.69, 9.17) is 4.74 Å². The Morgan fingerprint density at radius 2 is 2.04 bits per heavy atom. The first-order valence-electron chi connectivity index (χ1n) is 8.93. The average molecular weight is 384 g/mol. The Kier molecular flexibility index (Phi) is 5.83. The predicted octanol–water partition coefficient (Wildman–Crippen LogP) is 1.85. The largest absolute Gasteiger partial charge is 0.474 e. The quantitative estimate of drug-likeness (QED) is 0.575. The minimum atomic E-state index is -0.757. The summed E-state index contributed by atoms with van der Waals surface area (Å²) in [5.41, 5.74) is 1.08. The SMILES string of the molecule is CCC1Oc2ccc([N+](=O)[O-])nc2N(CC(=O)NCCc2ccccc2)C1=O. The number of ether oxygens (including phenoxy) is 1. The fourth-order valence-electron chi connectivity index (χ4n) is 2.90. The highest BCUT2D eigenvalue weighted by molar-refractivity contribution is 6.03. The van der Waals surface area contributed by atoms with Crippen molar-refractivity contribution >= 4 is 23.5 Å². The molecule has 1 aromatic heterocycles. The van der Waals surface area contributed by atoms with Crippen molar-refractivity contribution in [3.8, 4) is 5.75 Å². The molecule has 1 aromatic carbocycles. The Labute approximate surface area is 161 Å². The number of nitro groups is 1. The lowest BCUT2D eigenvalue weighted by Gasteiger charge is -2.30. The van der Waals surface area contributed by atoms with Crippen LogP contribution in [0, 0.1) is 10.1 Å². The van der Waals surface area contributed by atoms with Gasteiger partial charge in [0.2, 0.25) is 5.91 Å². The van der Waals surface area contributed by atoms with Gasteiger partial charge in [-0.15, -0.1) is 0 Å². The number of pyridine rings is 1. The van der Waals surface area contributed by atoms with Crippen LogP contribution < -0.4 is 15.0 Å². The van der Waals surface area contributed by atoms with Crippen molar-refractivity contribution in [1.29, 1.82) is 0 Å². The van der Waals surface area contributed by atoms with Gasteiger partial charge < -0.3 is 20.2 Å². The van der Waals surface area contributed by atoms with Crippen LogP contribution in [0.25, 0.3) is 0 Å². The number of rotatable bonds is 7. The van der Waals surface area contributed by atoms with E-state index < -0.39 is 22.8 Å². The number of aromatic nitrogens is 1. The molecule has 0 aliphatic carbocycles. The molecule has 0 saturated heterocycles. The van der Waals surface area contributed by atoms with E-state index in [1.54, 1.807) is 6.92 Å². The molecule has 1 aliphatic rings. The molecule has 2 aromatic rings. The number of hydrogen-bond donors (Lipinski definition) is 1. The normalized spacial score (nSPS) is 15.5. The Bertz CT molecular complexity index is 887. The molecule has 0 saturated carbocycles. The lowest BCUT2D eigenvalue weighted by atomic mass is 10.1. The van der Waals surface area contributed by atoms with Gasteiger partial charge in [-0.2, -0.15) is 0 Å². The highest BCUT2D eigenvalue weighted by Crippen LogP contribution is 2.34. The summed E-state index contributed by atoms with van der Waals surface area (Å²) in [6.45, 7) is 1.91. The minimum Gasteiger partial charge on any atom is -0.474 e. The van der Waals surface area contributed by atoms with Crippen LogP contribution >= 0.6 is 0 Å². The summed E-state index contributed by atoms with van der Waals surface area (Å²) in [4.78, 5) is 40.4. The highest BCUT2D eigenvalue weighted by atomic mass is 16.6. The third-order valence-electron chi connectivity index (χ3n) is 4.33. The smallest absolute Gasteiger partial charge is 0.366 e. The summed E-state index contributed by atoms with van der Waals surface area (Å²) in [5.74, 6) is -1.00. The van der Waals surface area contributed by atoms with Gasteiger partial charge in [0.1, 0.15) is 6.54 Å². The first-order chi connectivity index (χ1) is 13.5. The molecule has 0 radical (unpaired) electrons. The molecule has 9 nitrogen and oxygen atoms in total. The zero-order valence-electron chi connectivity index (χ0n) is 15.3. The van der Waals surface area contributed by atoms with Gasteiger partial charge >= 0.3 is 5.82 Å². The maximum absolute atomic E-state index is 12.6. The second-order valence-electron chi connectivity index (χ2n) is 6.27. The van der Waals surface area contributed by atoms with Crippen molar-refractivity contribution in [3.63, 3.8) is 0 Å². The molecule has 1 aliphatic heterocycles. The van der Waals surface area contributed by atoms with Gasteiger partial charge in [-0.05, 0) is 34.4 Å². The summed E-state index contributed by atoms with van der Waals surface area (Å²) >= 11 is 0. The Morgan fingerprint density at radius 1 is 1.29 bits per heavy atom. The average Bonchev–Trinajstić information content (AvgIpc) is 2.70. The van der Waals surface area contributed by atoms with E-state index in [-0.39, 0.29) is 24.0 Å². The van der Waals surface area contributed by atoms with Crippen molar-refractivity contribution in [2.45, 2.75) is 25.9 Å². The van der Waals surface area contributed by atoms with Crippen molar-refractivity contribution in [1.82, 2.24) is 10.3 Å². The number of carbonyl (C=O) groups is 2. The molecule has 3 rings (SSSR count). The molecule has 9 heteroatoms. The van der Waals surface area contributed by atoms with E-state index in [9.17, 15) is 19.7 Å². The van der Waals surface area contributed by atoms with Crippen molar-refractivity contribution in [3.05, 3.63) is 58.1 Å². The van der Waals surface area contributed by atoms with E-state index in [1.165, 1.54) is 12.1 Å². The summed E-state index contributed by atoms with van der Waals surface area (Å²) in [6.07, 6.45) is 0.302. The van der Waals surface area contributed by atoms with Crippen LogP contribution in [0.5, 0.6) is 5.75 Å². The first kappa shape index (κ1) is 19.3. The molecular formula is C19H20N4O5. The van der Waals surface area contributed by atoms with Crippen LogP contribution in [0.1, 0.15) is 18.9 Å². The second kappa shape index (κ2) is 8.47. The molecule has 0 bridgehead atoms. The number of amides is 2. The molecule has 28 heavy (non-hydrogen) atoms. The molecular weight excluding hydrogens is 364 g/mol. The molecule has 1 N–H and O–H groups in total. The van der Waals surface area contributed by atoms with E-state index in [0.717, 1.165) is 10.5 Å². The van der Waals surface area contributed by atoms with Gasteiger partial charge in [-0.3, -0.25) is 14.5 Å². The Balaban J connectivity index is 1.72. The number of nitrogens with zero attached hydrogens (tertiary/aromatic N) is 3. The number of benzene rings is 1. The fraction of sp³-hybridized carbons (Fsp3) is 0.316. The van der Waals surface area contributed by atoms with Crippen molar-refractivity contribution in [2.24, 2.45) is 0 Å². The van der Waals surface area contributed by atoms with Crippen LogP contribution in [0.3, 0.4) is 0 Å². The van der Waals surface area contributed by atoms with E-state index in [0.29, 0.717) is 19.4 Å². The van der Waals surface area contributed by atoms with Crippen molar-refractivity contribution < 1.29 is 19.2 Å². The molecule has 0 fully saturated rings. The predicted molar refractivity (Wildman–Crippen MR) is 101 cm³/mol. The van der Waals surface area contributed by atoms with Crippen LogP contribution in [0.15, 0.2) is 42.5 Å². The van der Waals surface area contributed by atoms with Gasteiger partial charge in [0.05, 0.1) is 0 Å². The Morgan fingerprint density at radius 3 is 2.71 bits per heavy atom. The molecule has 146 valence electrons. The molecule has 2 amide bonds. The summed E-state index contributed by atoms with van der Waals surface area (Å²) < 4.78 is 5.57. The molecule has 1 unspecified atom stereocenters. The first-order valence-corrected chi connectivity index (χ1v) is 8.93. The fourth-order valence-corrected chi connectivity index (χ4v) is 2.90. The van der Waals surface area contributed by atoms with Crippen LogP contribution in [0.2, 0.25) is 0 Å². The molecule has 0 spiro atoms. The minimum absolute atomic E-state index is 0.0119. The summed E-state index contributed by atoms with van der Waals surface area (Å²) in [6, 6.07) is 12.3. The monoisotopic (exact) mass is 384 g/mol. The summed E-state index contributed by atoms with van der Waals surface area (Å²) in [5, 5.41) is 13.8. The Hall–Kier alpha value is -3.49. The third kappa shape index (κ3) is 4.25. The number of anilines is 1. The van der Waals surface area contributed by atoms with E-state index in [2.05, 4.69) is 10.3 Å². The maximum Gasteiger partial charge on any atom is 0.366 e. The highest BCUT2D eigenvalue weighted by Gasteiger charge is 2.39. The number of hydrogen-bond acceptors (Lipinski definition) is 6. The van der Waals surface area contributed by atoms with Gasteiger partial charge in [0.25, 0.3) is 11.7 Å². The summed E-state index contributed by atoms with van der Waals surface area (Å²) in [7, 11) is 0. The van der Waals surface area contributed by atoms with Crippen molar-refractivity contribution in [2.75, 3.05) is 18.0 Å². The van der Waals surface area contributed by atoms with Gasteiger partial charge in [0.15, 0.2) is 11.9 Å². The topological polar surface area (TPSA) is 115 Å². The third-order valence-corrected chi connectivity index (χ3v) is 4.33. The maximum atomic E-state index is 12.6. The zero-order chi connectivity index (χ0) is 20.1. The van der Waals surface area contributed by atoms with Gasteiger partial charge in [-0.25, -0.2) is 0 Å². The molecule has 1 atom stereocenters. The van der Waals surface area contributed by atoms with Gasteiger partial charge in [-0.1, -0.05) is 37.3 Å². The van der Waals surface area contributed by atoms with E-state index in [1.807, 2.05) is 30.3 Å². The standard InChI is InChI=1S/C19H20N4O5/c1-2-14-19(25)22(18-15(28-14)8-9-16(21-18)23(26)27)12-17(24)20-11-10-13-6-4-3-5-7-13/h3-9,14H,2,10-12H2,1H3,(H,20,24). The number of carbonyl (C=O) groups excluding carboxylic acids is 2. The van der Waals surface area contributed by atoms with E-state index >= 15 is 0 Å². The number of fused-ring (bicyclic) bond motifs is 1. The second-order valence-corrected chi connectivity index (χ2v) is 6.27. The van der Waals surface area contributed by atoms with Crippen LogP contribution in [-0.2, 0) is 16.0 Å². The zero-order valence-corrected chi connectivity index (χ0v) is 15.3. The van der Waals surface area contributed by atoms with Crippen LogP contribution in [-0.4, -0.2) is 40.9 Å². The van der Waals surface area contributed by atoms with Gasteiger partial charge in [0, 0.05) is 12.6 Å². The number of nitrogens with one attached hydrogen (secondary N) is 1.